The van der Waals surface area contributed by atoms with Crippen LogP contribution in [0.5, 0.6) is 0 Å². The Morgan fingerprint density at radius 3 is 2.50 bits per heavy atom. The zero-order valence-electron chi connectivity index (χ0n) is 19.4. The summed E-state index contributed by atoms with van der Waals surface area (Å²) in [5.74, 6) is 0. The molecule has 2 heterocycles. The Labute approximate surface area is 190 Å². The average molecular weight is 436 g/mol. The maximum absolute atomic E-state index is 12.8. The lowest BCUT2D eigenvalue weighted by molar-refractivity contribution is -0.0952. The second-order valence-corrected chi connectivity index (χ2v) is 9.78. The van der Waals surface area contributed by atoms with Gasteiger partial charge in [0.2, 0.25) is 0 Å². The van der Waals surface area contributed by atoms with E-state index in [0.717, 1.165) is 42.6 Å². The van der Waals surface area contributed by atoms with Gasteiger partial charge in [-0.3, -0.25) is 0 Å². The molecule has 1 amide bonds. The van der Waals surface area contributed by atoms with E-state index in [-0.39, 0.29) is 5.41 Å². The van der Waals surface area contributed by atoms with E-state index in [1.54, 1.807) is 0 Å². The first-order chi connectivity index (χ1) is 15.3. The highest BCUT2D eigenvalue weighted by molar-refractivity contribution is 6.06. The Bertz CT molecular complexity index is 986. The molecular formula is C26H33N3O3. The van der Waals surface area contributed by atoms with E-state index in [0.29, 0.717) is 12.3 Å². The largest absolute Gasteiger partial charge is 0.435 e. The Balaban J connectivity index is 1.53. The second-order valence-electron chi connectivity index (χ2n) is 9.78. The molecule has 1 fully saturated rings. The molecule has 1 unspecified atom stereocenters. The van der Waals surface area contributed by atoms with Crippen LogP contribution in [0.4, 0.5) is 4.79 Å². The van der Waals surface area contributed by atoms with Gasteiger partial charge in [-0.05, 0) is 42.1 Å². The number of amides is 1. The number of alkyl carbamates (subject to hydrolysis) is 1. The number of ether oxygens (including phenoxy) is 1. The molecule has 0 radical (unpaired) electrons. The van der Waals surface area contributed by atoms with E-state index < -0.39 is 17.8 Å². The summed E-state index contributed by atoms with van der Waals surface area (Å²) >= 11 is 0. The molecule has 0 saturated carbocycles. The number of piperidine rings is 1. The van der Waals surface area contributed by atoms with Crippen LogP contribution >= 0.6 is 0 Å². The maximum atomic E-state index is 12.8. The Kier molecular flexibility index (Phi) is 6.24. The summed E-state index contributed by atoms with van der Waals surface area (Å²) in [5, 5.41) is 10.7. The highest BCUT2D eigenvalue weighted by Gasteiger charge is 2.52. The minimum absolute atomic E-state index is 0.0636. The predicted molar refractivity (Wildman–Crippen MR) is 126 cm³/mol. The number of nitrogens with zero attached hydrogens (tertiary/aromatic N) is 1. The van der Waals surface area contributed by atoms with Gasteiger partial charge in [-0.25, -0.2) is 4.79 Å². The number of nitrogens with one attached hydrogen (secondary N) is 2. The molecular weight excluding hydrogens is 402 g/mol. The molecule has 0 bridgehead atoms. The number of oxime groups is 1. The molecule has 2 aromatic carbocycles. The van der Waals surface area contributed by atoms with Gasteiger partial charge in [-0.15, -0.1) is 0 Å². The highest BCUT2D eigenvalue weighted by atomic mass is 16.7. The third-order valence-corrected chi connectivity index (χ3v) is 6.46. The SMILES string of the molecule is Cc1ccccc1CNC(=O)OC1C(c2ccc(C(C)(C)C)cc2)=NOC12CCNCC2. The van der Waals surface area contributed by atoms with Gasteiger partial charge in [-0.1, -0.05) is 74.5 Å². The van der Waals surface area contributed by atoms with E-state index in [9.17, 15) is 4.79 Å². The summed E-state index contributed by atoms with van der Waals surface area (Å²) in [4.78, 5) is 18.8. The number of carbonyl (C=O) groups excluding carboxylic acids is 1. The normalized spacial score (nSPS) is 19.9. The van der Waals surface area contributed by atoms with Crippen molar-refractivity contribution in [2.24, 2.45) is 5.16 Å². The Hall–Kier alpha value is -2.86. The topological polar surface area (TPSA) is 72.0 Å². The van der Waals surface area contributed by atoms with E-state index >= 15 is 0 Å². The molecule has 2 aliphatic heterocycles. The molecule has 1 atom stereocenters. The van der Waals surface area contributed by atoms with Crippen molar-refractivity contribution in [3.8, 4) is 0 Å². The van der Waals surface area contributed by atoms with Gasteiger partial charge < -0.3 is 20.2 Å². The van der Waals surface area contributed by atoms with E-state index in [1.165, 1.54) is 5.56 Å². The van der Waals surface area contributed by atoms with Gasteiger partial charge in [0.25, 0.3) is 0 Å². The fraction of sp³-hybridized carbons (Fsp3) is 0.462. The molecule has 4 rings (SSSR count). The standard InChI is InChI=1S/C26H33N3O3/c1-18-7-5-6-8-20(18)17-28-24(30)31-23-22(29-32-26(23)13-15-27-16-14-26)19-9-11-21(12-10-19)25(2,3)4/h5-12,23,27H,13-17H2,1-4H3,(H,28,30). The summed E-state index contributed by atoms with van der Waals surface area (Å²) in [5.41, 5.74) is 4.48. The van der Waals surface area contributed by atoms with Crippen molar-refractivity contribution in [1.82, 2.24) is 10.6 Å². The Morgan fingerprint density at radius 1 is 1.16 bits per heavy atom. The molecule has 2 N–H and O–H groups in total. The van der Waals surface area contributed by atoms with Gasteiger partial charge in [0, 0.05) is 24.9 Å². The quantitative estimate of drug-likeness (QED) is 0.745. The van der Waals surface area contributed by atoms with Gasteiger partial charge in [0.15, 0.2) is 11.7 Å². The van der Waals surface area contributed by atoms with E-state index in [1.807, 2.05) is 43.3 Å². The summed E-state index contributed by atoms with van der Waals surface area (Å²) in [6.07, 6.45) is 0.452. The number of hydrogen-bond donors (Lipinski definition) is 2. The molecule has 6 heteroatoms. The van der Waals surface area contributed by atoms with Crippen LogP contribution in [0.2, 0.25) is 0 Å². The van der Waals surface area contributed by atoms with Crippen LogP contribution in [0.15, 0.2) is 53.7 Å². The third kappa shape index (κ3) is 4.65. The van der Waals surface area contributed by atoms with Crippen LogP contribution in [0.25, 0.3) is 0 Å². The van der Waals surface area contributed by atoms with Crippen molar-refractivity contribution >= 4 is 11.8 Å². The second kappa shape index (κ2) is 8.94. The van der Waals surface area contributed by atoms with Crippen molar-refractivity contribution in [2.75, 3.05) is 13.1 Å². The van der Waals surface area contributed by atoms with Gasteiger partial charge in [0.1, 0.15) is 5.71 Å². The minimum atomic E-state index is -0.622. The van der Waals surface area contributed by atoms with Crippen LogP contribution in [-0.2, 0) is 21.5 Å². The Morgan fingerprint density at radius 2 is 1.84 bits per heavy atom. The monoisotopic (exact) mass is 435 g/mol. The first kappa shape index (κ1) is 22.3. The van der Waals surface area contributed by atoms with Crippen LogP contribution in [0.3, 0.4) is 0 Å². The van der Waals surface area contributed by atoms with Crippen LogP contribution < -0.4 is 10.6 Å². The first-order valence-electron chi connectivity index (χ1n) is 11.4. The number of aryl methyl sites for hydroxylation is 1. The lowest BCUT2D eigenvalue weighted by Gasteiger charge is -2.36. The number of hydrogen-bond acceptors (Lipinski definition) is 5. The van der Waals surface area contributed by atoms with Crippen LogP contribution in [0, 0.1) is 6.92 Å². The predicted octanol–water partition coefficient (Wildman–Crippen LogP) is 4.44. The molecule has 2 aromatic rings. The number of rotatable bonds is 4. The van der Waals surface area contributed by atoms with Crippen LogP contribution in [-0.4, -0.2) is 36.6 Å². The zero-order valence-corrected chi connectivity index (χ0v) is 19.4. The van der Waals surface area contributed by atoms with E-state index in [2.05, 4.69) is 48.7 Å². The molecule has 170 valence electrons. The fourth-order valence-corrected chi connectivity index (χ4v) is 4.32. The summed E-state index contributed by atoms with van der Waals surface area (Å²) in [6, 6.07) is 16.3. The highest BCUT2D eigenvalue weighted by Crippen LogP contribution is 2.37. The molecule has 32 heavy (non-hydrogen) atoms. The maximum Gasteiger partial charge on any atom is 0.408 e. The van der Waals surface area contributed by atoms with Crippen molar-refractivity contribution < 1.29 is 14.4 Å². The van der Waals surface area contributed by atoms with Gasteiger partial charge in [0.05, 0.1) is 0 Å². The van der Waals surface area contributed by atoms with Crippen molar-refractivity contribution in [3.05, 3.63) is 70.8 Å². The van der Waals surface area contributed by atoms with E-state index in [4.69, 9.17) is 9.57 Å². The van der Waals surface area contributed by atoms with Gasteiger partial charge in [-0.2, -0.15) is 0 Å². The van der Waals surface area contributed by atoms with Gasteiger partial charge >= 0.3 is 6.09 Å². The first-order valence-corrected chi connectivity index (χ1v) is 11.4. The molecule has 2 aliphatic rings. The number of benzene rings is 2. The fourth-order valence-electron chi connectivity index (χ4n) is 4.32. The molecule has 0 aromatic heterocycles. The van der Waals surface area contributed by atoms with Crippen molar-refractivity contribution in [2.45, 2.75) is 64.2 Å². The smallest absolute Gasteiger partial charge is 0.408 e. The summed E-state index contributed by atoms with van der Waals surface area (Å²) < 4.78 is 6.00. The van der Waals surface area contributed by atoms with Crippen molar-refractivity contribution in [1.29, 1.82) is 0 Å². The van der Waals surface area contributed by atoms with Crippen molar-refractivity contribution in [3.63, 3.8) is 0 Å². The lowest BCUT2D eigenvalue weighted by atomic mass is 9.82. The zero-order chi connectivity index (χ0) is 22.8. The average Bonchev–Trinajstić information content (AvgIpc) is 3.10. The minimum Gasteiger partial charge on any atom is -0.435 e. The third-order valence-electron chi connectivity index (χ3n) is 6.46. The lowest BCUT2D eigenvalue weighted by Crippen LogP contribution is -2.53. The molecule has 1 saturated heterocycles. The summed E-state index contributed by atoms with van der Waals surface area (Å²) in [7, 11) is 0. The number of carbonyl (C=O) groups is 1. The molecule has 6 nitrogen and oxygen atoms in total. The van der Waals surface area contributed by atoms with Crippen LogP contribution in [0.1, 0.15) is 55.9 Å². The molecule has 0 aliphatic carbocycles. The summed E-state index contributed by atoms with van der Waals surface area (Å²) in [6.45, 7) is 10.6. The molecule has 1 spiro atoms.